The fraction of sp³-hybridized carbons (Fsp3) is 0.333. The van der Waals surface area contributed by atoms with Crippen molar-refractivity contribution < 1.29 is 14.0 Å². The van der Waals surface area contributed by atoms with E-state index in [4.69, 9.17) is 0 Å². The lowest BCUT2D eigenvalue weighted by atomic mass is 10.0. The number of rotatable bonds is 5. The molecule has 0 aromatic heterocycles. The van der Waals surface area contributed by atoms with E-state index in [9.17, 15) is 14.0 Å². The van der Waals surface area contributed by atoms with E-state index >= 15 is 0 Å². The van der Waals surface area contributed by atoms with Crippen LogP contribution in [-0.4, -0.2) is 35.8 Å². The molecule has 1 N–H and O–H groups in total. The molecule has 1 aliphatic rings. The van der Waals surface area contributed by atoms with Crippen LogP contribution in [0, 0.1) is 5.82 Å². The molecule has 0 unspecified atom stereocenters. The van der Waals surface area contributed by atoms with Crippen LogP contribution >= 0.6 is 0 Å². The van der Waals surface area contributed by atoms with Crippen LogP contribution in [0.15, 0.2) is 54.6 Å². The molecular formula is C21H23FN2O2. The van der Waals surface area contributed by atoms with Crippen LogP contribution in [0.3, 0.4) is 0 Å². The van der Waals surface area contributed by atoms with Gasteiger partial charge in [0, 0.05) is 19.5 Å². The maximum Gasteiger partial charge on any atom is 0.254 e. The Morgan fingerprint density at radius 1 is 0.962 bits per heavy atom. The Morgan fingerprint density at radius 3 is 2.31 bits per heavy atom. The second-order valence-electron chi connectivity index (χ2n) is 6.58. The molecule has 2 aromatic carbocycles. The predicted octanol–water partition coefficient (Wildman–Crippen LogP) is 3.18. The molecule has 1 saturated heterocycles. The van der Waals surface area contributed by atoms with Gasteiger partial charge in [-0.25, -0.2) is 4.39 Å². The highest BCUT2D eigenvalue weighted by Crippen LogP contribution is 2.14. The molecule has 0 spiro atoms. The second-order valence-corrected chi connectivity index (χ2v) is 6.58. The quantitative estimate of drug-likeness (QED) is 0.897. The summed E-state index contributed by atoms with van der Waals surface area (Å²) in [6.07, 6.45) is 3.46. The zero-order chi connectivity index (χ0) is 18.4. The minimum Gasteiger partial charge on any atom is -0.341 e. The van der Waals surface area contributed by atoms with E-state index in [0.717, 1.165) is 24.8 Å². The Morgan fingerprint density at radius 2 is 1.62 bits per heavy atom. The van der Waals surface area contributed by atoms with Crippen LogP contribution in [0.1, 0.15) is 35.2 Å². The monoisotopic (exact) mass is 354 g/mol. The Hall–Kier alpha value is -2.69. The van der Waals surface area contributed by atoms with E-state index in [1.807, 2.05) is 30.3 Å². The first kappa shape index (κ1) is 18.1. The molecule has 0 saturated carbocycles. The highest BCUT2D eigenvalue weighted by atomic mass is 19.1. The van der Waals surface area contributed by atoms with Crippen LogP contribution in [0.2, 0.25) is 0 Å². The standard InChI is InChI=1S/C21H23FN2O2/c22-18-12-6-5-11-17(18)20(25)23-19(15-16-9-3-1-4-10-16)21(26)24-13-7-2-8-14-24/h1,3-6,9-12,19H,2,7-8,13-15H2,(H,23,25)/t19-/m0/s1. The summed E-state index contributed by atoms with van der Waals surface area (Å²) in [6.45, 7) is 1.42. The summed E-state index contributed by atoms with van der Waals surface area (Å²) in [4.78, 5) is 27.3. The Kier molecular flexibility index (Phi) is 6.00. The molecule has 4 nitrogen and oxygen atoms in total. The van der Waals surface area contributed by atoms with Gasteiger partial charge in [-0.05, 0) is 37.0 Å². The fourth-order valence-corrected chi connectivity index (χ4v) is 3.27. The molecule has 26 heavy (non-hydrogen) atoms. The van der Waals surface area contributed by atoms with Gasteiger partial charge in [0.25, 0.3) is 5.91 Å². The van der Waals surface area contributed by atoms with Gasteiger partial charge < -0.3 is 10.2 Å². The van der Waals surface area contributed by atoms with Crippen molar-refractivity contribution in [2.24, 2.45) is 0 Å². The number of hydrogen-bond donors (Lipinski definition) is 1. The predicted molar refractivity (Wildman–Crippen MR) is 98.2 cm³/mol. The largest absolute Gasteiger partial charge is 0.341 e. The van der Waals surface area contributed by atoms with Gasteiger partial charge >= 0.3 is 0 Å². The SMILES string of the molecule is O=C(N[C@@H](Cc1ccccc1)C(=O)N1CCCCC1)c1ccccc1F. The van der Waals surface area contributed by atoms with E-state index in [2.05, 4.69) is 5.32 Å². The number of benzene rings is 2. The van der Waals surface area contributed by atoms with Gasteiger partial charge in [0.1, 0.15) is 11.9 Å². The van der Waals surface area contributed by atoms with Crippen molar-refractivity contribution in [3.05, 3.63) is 71.5 Å². The van der Waals surface area contributed by atoms with Gasteiger partial charge in [0.2, 0.25) is 5.91 Å². The molecular weight excluding hydrogens is 331 g/mol. The molecule has 1 atom stereocenters. The molecule has 1 aliphatic heterocycles. The van der Waals surface area contributed by atoms with Gasteiger partial charge in [-0.1, -0.05) is 42.5 Å². The molecule has 2 amide bonds. The number of amides is 2. The lowest BCUT2D eigenvalue weighted by Gasteiger charge is -2.31. The summed E-state index contributed by atoms with van der Waals surface area (Å²) in [6, 6.07) is 14.7. The molecule has 0 aliphatic carbocycles. The van der Waals surface area contributed by atoms with E-state index in [-0.39, 0.29) is 11.5 Å². The Balaban J connectivity index is 1.78. The maximum atomic E-state index is 13.9. The molecule has 0 radical (unpaired) electrons. The lowest BCUT2D eigenvalue weighted by molar-refractivity contribution is -0.134. The number of halogens is 1. The molecule has 3 rings (SSSR count). The van der Waals surface area contributed by atoms with Crippen molar-refractivity contribution in [1.29, 1.82) is 0 Å². The van der Waals surface area contributed by atoms with Gasteiger partial charge in [-0.3, -0.25) is 9.59 Å². The number of likely N-dealkylation sites (tertiary alicyclic amines) is 1. The number of nitrogens with one attached hydrogen (secondary N) is 1. The maximum absolute atomic E-state index is 13.9. The zero-order valence-corrected chi connectivity index (χ0v) is 14.7. The highest BCUT2D eigenvalue weighted by molar-refractivity contribution is 5.97. The molecule has 2 aromatic rings. The first-order valence-corrected chi connectivity index (χ1v) is 9.03. The molecule has 0 bridgehead atoms. The summed E-state index contributed by atoms with van der Waals surface area (Å²) in [5.74, 6) is -1.25. The summed E-state index contributed by atoms with van der Waals surface area (Å²) in [7, 11) is 0. The van der Waals surface area contributed by atoms with Gasteiger partial charge in [-0.2, -0.15) is 0 Å². The van der Waals surface area contributed by atoms with Crippen molar-refractivity contribution >= 4 is 11.8 Å². The number of hydrogen-bond acceptors (Lipinski definition) is 2. The minimum atomic E-state index is -0.706. The van der Waals surface area contributed by atoms with Gasteiger partial charge in [-0.15, -0.1) is 0 Å². The van der Waals surface area contributed by atoms with Crippen molar-refractivity contribution in [2.75, 3.05) is 13.1 Å². The summed E-state index contributed by atoms with van der Waals surface area (Å²) >= 11 is 0. The summed E-state index contributed by atoms with van der Waals surface area (Å²) in [5.41, 5.74) is 0.911. The molecule has 1 fully saturated rings. The summed E-state index contributed by atoms with van der Waals surface area (Å²) in [5, 5.41) is 2.75. The van der Waals surface area contributed by atoms with Crippen molar-refractivity contribution in [1.82, 2.24) is 10.2 Å². The van der Waals surface area contributed by atoms with E-state index in [0.29, 0.717) is 19.5 Å². The molecule has 1 heterocycles. The zero-order valence-electron chi connectivity index (χ0n) is 14.7. The van der Waals surface area contributed by atoms with Crippen molar-refractivity contribution in [3.63, 3.8) is 0 Å². The average molecular weight is 354 g/mol. The topological polar surface area (TPSA) is 49.4 Å². The number of carbonyl (C=O) groups excluding carboxylic acids is 2. The van der Waals surface area contributed by atoms with Crippen LogP contribution < -0.4 is 5.32 Å². The smallest absolute Gasteiger partial charge is 0.254 e. The van der Waals surface area contributed by atoms with E-state index in [1.165, 1.54) is 18.2 Å². The summed E-state index contributed by atoms with van der Waals surface area (Å²) < 4.78 is 13.9. The Labute approximate surface area is 153 Å². The number of carbonyl (C=O) groups is 2. The van der Waals surface area contributed by atoms with Crippen molar-refractivity contribution in [3.8, 4) is 0 Å². The number of piperidine rings is 1. The van der Waals surface area contributed by atoms with Crippen LogP contribution in [0.25, 0.3) is 0 Å². The van der Waals surface area contributed by atoms with E-state index < -0.39 is 17.8 Å². The van der Waals surface area contributed by atoms with Crippen LogP contribution in [-0.2, 0) is 11.2 Å². The molecule has 136 valence electrons. The van der Waals surface area contributed by atoms with Gasteiger partial charge in [0.15, 0.2) is 0 Å². The first-order valence-electron chi connectivity index (χ1n) is 9.03. The third kappa shape index (κ3) is 4.48. The Bertz CT molecular complexity index is 758. The minimum absolute atomic E-state index is 0.0444. The fourth-order valence-electron chi connectivity index (χ4n) is 3.27. The van der Waals surface area contributed by atoms with Crippen LogP contribution in [0.5, 0.6) is 0 Å². The van der Waals surface area contributed by atoms with E-state index in [1.54, 1.807) is 11.0 Å². The normalized spacial score (nSPS) is 15.3. The lowest BCUT2D eigenvalue weighted by Crippen LogP contribution is -2.51. The third-order valence-corrected chi connectivity index (χ3v) is 4.67. The average Bonchev–Trinajstić information content (AvgIpc) is 2.68. The van der Waals surface area contributed by atoms with Crippen molar-refractivity contribution in [2.45, 2.75) is 31.7 Å². The first-order chi connectivity index (χ1) is 12.6. The highest BCUT2D eigenvalue weighted by Gasteiger charge is 2.28. The number of nitrogens with zero attached hydrogens (tertiary/aromatic N) is 1. The van der Waals surface area contributed by atoms with Crippen LogP contribution in [0.4, 0.5) is 4.39 Å². The molecule has 5 heteroatoms. The van der Waals surface area contributed by atoms with Gasteiger partial charge in [0.05, 0.1) is 5.56 Å². The third-order valence-electron chi connectivity index (χ3n) is 4.67. The second kappa shape index (κ2) is 8.61.